The summed E-state index contributed by atoms with van der Waals surface area (Å²) >= 11 is 0. The van der Waals surface area contributed by atoms with Gasteiger partial charge in [0.25, 0.3) is 10.1 Å². The van der Waals surface area contributed by atoms with Crippen molar-refractivity contribution in [1.82, 2.24) is 0 Å². The van der Waals surface area contributed by atoms with Crippen molar-refractivity contribution in [2.45, 2.75) is 301 Å². The monoisotopic (exact) mass is 803 g/mol. The van der Waals surface area contributed by atoms with Crippen LogP contribution in [-0.2, 0) is 16.5 Å². The standard InChI is InChI=1S/C52H98O3S/c1-2-3-4-5-6-7-8-9-10-11-12-13-14-15-16-17-18-19-20-21-22-23-24-25-26-27-28-29-30-31-32-33-34-35-36-37-38-39-40-41-42-43-44-45-46-51-47-49-52(50-48-51)56(53,54)55/h47-50H,2-46H2,1H3,(H,53,54,55). The highest BCUT2D eigenvalue weighted by atomic mass is 32.2. The highest BCUT2D eigenvalue weighted by molar-refractivity contribution is 7.85. The lowest BCUT2D eigenvalue weighted by atomic mass is 10.0. The van der Waals surface area contributed by atoms with Crippen LogP contribution < -0.4 is 0 Å². The van der Waals surface area contributed by atoms with E-state index in [1.54, 1.807) is 0 Å². The van der Waals surface area contributed by atoms with Crippen LogP contribution in [0.25, 0.3) is 0 Å². The molecule has 0 atom stereocenters. The van der Waals surface area contributed by atoms with E-state index in [1.807, 2.05) is 12.1 Å². The number of hydrogen-bond donors (Lipinski definition) is 1. The summed E-state index contributed by atoms with van der Waals surface area (Å²) in [5.74, 6) is 0. The van der Waals surface area contributed by atoms with Gasteiger partial charge in [-0.25, -0.2) is 0 Å². The number of hydrogen-bond acceptors (Lipinski definition) is 2. The topological polar surface area (TPSA) is 54.4 Å². The average molecular weight is 803 g/mol. The Bertz CT molecular complexity index is 1000. The zero-order valence-electron chi connectivity index (χ0n) is 37.8. The van der Waals surface area contributed by atoms with Gasteiger partial charge in [-0.15, -0.1) is 0 Å². The van der Waals surface area contributed by atoms with Gasteiger partial charge in [-0.2, -0.15) is 8.42 Å². The molecule has 1 aromatic rings. The number of aryl methyl sites for hydroxylation is 1. The highest BCUT2D eigenvalue weighted by Gasteiger charge is 2.08. The third-order valence-corrected chi connectivity index (χ3v) is 13.4. The first-order valence-corrected chi connectivity index (χ1v) is 27.0. The summed E-state index contributed by atoms with van der Waals surface area (Å²) in [6.45, 7) is 2.31. The van der Waals surface area contributed by atoms with E-state index in [-0.39, 0.29) is 4.90 Å². The molecule has 0 aliphatic carbocycles. The summed E-state index contributed by atoms with van der Waals surface area (Å²) in [6, 6.07) is 6.62. The van der Waals surface area contributed by atoms with Crippen molar-refractivity contribution in [3.63, 3.8) is 0 Å². The van der Waals surface area contributed by atoms with Gasteiger partial charge in [-0.05, 0) is 30.5 Å². The van der Waals surface area contributed by atoms with Crippen LogP contribution in [0.1, 0.15) is 295 Å². The van der Waals surface area contributed by atoms with Gasteiger partial charge >= 0.3 is 0 Å². The molecule has 0 unspecified atom stereocenters. The van der Waals surface area contributed by atoms with E-state index in [4.69, 9.17) is 4.55 Å². The van der Waals surface area contributed by atoms with Gasteiger partial charge in [0.2, 0.25) is 0 Å². The van der Waals surface area contributed by atoms with E-state index in [0.29, 0.717) is 0 Å². The second kappa shape index (κ2) is 42.3. The van der Waals surface area contributed by atoms with Crippen molar-refractivity contribution in [1.29, 1.82) is 0 Å². The maximum Gasteiger partial charge on any atom is 0.294 e. The number of unbranched alkanes of at least 4 members (excludes halogenated alkanes) is 43. The SMILES string of the molecule is CCCCCCCCCCCCCCCCCCCCCCCCCCCCCCCCCCCCCCCCCCCCCCc1ccc(S(=O)(=O)O)cc1. The van der Waals surface area contributed by atoms with Crippen molar-refractivity contribution >= 4 is 10.1 Å². The van der Waals surface area contributed by atoms with Crippen LogP contribution in [0.15, 0.2) is 29.2 Å². The summed E-state index contributed by atoms with van der Waals surface area (Å²) in [5.41, 5.74) is 1.14. The first-order chi connectivity index (χ1) is 27.5. The van der Waals surface area contributed by atoms with Gasteiger partial charge in [0.15, 0.2) is 0 Å². The molecule has 330 valence electrons. The Hall–Kier alpha value is -0.870. The first-order valence-electron chi connectivity index (χ1n) is 25.6. The molecule has 0 bridgehead atoms. The Balaban J connectivity index is 1.64. The van der Waals surface area contributed by atoms with Gasteiger partial charge in [0.05, 0.1) is 4.90 Å². The lowest BCUT2D eigenvalue weighted by Gasteiger charge is -2.05. The van der Waals surface area contributed by atoms with Crippen LogP contribution in [0.3, 0.4) is 0 Å². The molecule has 0 fully saturated rings. The number of rotatable bonds is 46. The van der Waals surface area contributed by atoms with E-state index < -0.39 is 10.1 Å². The molecule has 0 saturated carbocycles. The van der Waals surface area contributed by atoms with Gasteiger partial charge in [0, 0.05) is 0 Å². The summed E-state index contributed by atoms with van der Waals surface area (Å²) in [6.07, 6.45) is 64.4. The maximum absolute atomic E-state index is 11.1. The molecule has 0 aromatic heterocycles. The molecule has 0 aliphatic heterocycles. The molecule has 56 heavy (non-hydrogen) atoms. The fraction of sp³-hybridized carbons (Fsp3) is 0.885. The smallest absolute Gasteiger partial charge is 0.282 e. The fourth-order valence-corrected chi connectivity index (χ4v) is 9.14. The van der Waals surface area contributed by atoms with Crippen LogP contribution in [0, 0.1) is 0 Å². The van der Waals surface area contributed by atoms with Crippen molar-refractivity contribution in [3.8, 4) is 0 Å². The third-order valence-electron chi connectivity index (χ3n) is 12.5. The highest BCUT2D eigenvalue weighted by Crippen LogP contribution is 2.19. The molecular formula is C52H98O3S. The van der Waals surface area contributed by atoms with Gasteiger partial charge in [-0.1, -0.05) is 295 Å². The minimum absolute atomic E-state index is 0.0199. The Labute approximate surface area is 352 Å². The Kier molecular flexibility index (Phi) is 40.1. The summed E-state index contributed by atoms with van der Waals surface area (Å²) < 4.78 is 31.3. The molecule has 1 rings (SSSR count). The average Bonchev–Trinajstić information content (AvgIpc) is 3.19. The quantitative estimate of drug-likeness (QED) is 0.0528. The van der Waals surface area contributed by atoms with E-state index in [2.05, 4.69) is 6.92 Å². The van der Waals surface area contributed by atoms with Crippen molar-refractivity contribution < 1.29 is 13.0 Å². The molecule has 1 aromatic carbocycles. The van der Waals surface area contributed by atoms with Gasteiger partial charge in [0.1, 0.15) is 0 Å². The molecule has 4 heteroatoms. The lowest BCUT2D eigenvalue weighted by Crippen LogP contribution is -1.98. The van der Waals surface area contributed by atoms with Crippen molar-refractivity contribution in [2.24, 2.45) is 0 Å². The predicted octanol–water partition coefficient (Wildman–Crippen LogP) is 18.7. The minimum Gasteiger partial charge on any atom is -0.282 e. The van der Waals surface area contributed by atoms with E-state index in [1.165, 1.54) is 288 Å². The molecule has 0 spiro atoms. The van der Waals surface area contributed by atoms with Crippen LogP contribution in [-0.4, -0.2) is 13.0 Å². The molecule has 1 N–H and O–H groups in total. The Morgan fingerprint density at radius 3 is 0.661 bits per heavy atom. The fourth-order valence-electron chi connectivity index (χ4n) is 8.66. The molecule has 0 aliphatic rings. The Morgan fingerprint density at radius 2 is 0.482 bits per heavy atom. The molecular weight excluding hydrogens is 705 g/mol. The lowest BCUT2D eigenvalue weighted by molar-refractivity contribution is 0.483. The Morgan fingerprint density at radius 1 is 0.304 bits per heavy atom. The summed E-state index contributed by atoms with van der Waals surface area (Å²) in [7, 11) is -4.08. The van der Waals surface area contributed by atoms with E-state index >= 15 is 0 Å². The van der Waals surface area contributed by atoms with Crippen LogP contribution in [0.5, 0.6) is 0 Å². The molecule has 0 amide bonds. The summed E-state index contributed by atoms with van der Waals surface area (Å²) in [4.78, 5) is -0.0199. The zero-order chi connectivity index (χ0) is 40.3. The minimum atomic E-state index is -4.08. The van der Waals surface area contributed by atoms with Crippen molar-refractivity contribution in [3.05, 3.63) is 29.8 Å². The summed E-state index contributed by atoms with van der Waals surface area (Å²) in [5, 5.41) is 0. The molecule has 0 radical (unpaired) electrons. The van der Waals surface area contributed by atoms with Crippen molar-refractivity contribution in [2.75, 3.05) is 0 Å². The molecule has 0 saturated heterocycles. The second-order valence-electron chi connectivity index (χ2n) is 18.1. The maximum atomic E-state index is 11.1. The van der Waals surface area contributed by atoms with Crippen LogP contribution in [0.4, 0.5) is 0 Å². The largest absolute Gasteiger partial charge is 0.294 e. The van der Waals surface area contributed by atoms with E-state index in [9.17, 15) is 8.42 Å². The van der Waals surface area contributed by atoms with E-state index in [0.717, 1.165) is 18.4 Å². The van der Waals surface area contributed by atoms with Gasteiger partial charge in [-0.3, -0.25) is 4.55 Å². The zero-order valence-corrected chi connectivity index (χ0v) is 38.6. The normalized spacial score (nSPS) is 11.9. The van der Waals surface area contributed by atoms with Gasteiger partial charge < -0.3 is 0 Å². The third kappa shape index (κ3) is 38.6. The van der Waals surface area contributed by atoms with Crippen LogP contribution >= 0.6 is 0 Å². The van der Waals surface area contributed by atoms with Crippen LogP contribution in [0.2, 0.25) is 0 Å². The predicted molar refractivity (Wildman–Crippen MR) is 249 cm³/mol. The molecule has 3 nitrogen and oxygen atoms in total. The molecule has 0 heterocycles. The number of benzene rings is 1. The second-order valence-corrected chi connectivity index (χ2v) is 19.5. The first kappa shape index (κ1) is 53.1.